The van der Waals surface area contributed by atoms with Gasteiger partial charge in [0.1, 0.15) is 0 Å². The number of fused-ring (bicyclic) bond motifs is 1. The number of aldehydes is 1. The van der Waals surface area contributed by atoms with Gasteiger partial charge in [0.15, 0.2) is 6.29 Å². The molecule has 1 aromatic carbocycles. The van der Waals surface area contributed by atoms with Gasteiger partial charge in [-0.3, -0.25) is 4.79 Å². The monoisotopic (exact) mass is 228 g/mol. The Bertz CT molecular complexity index is 543. The Kier molecular flexibility index (Phi) is 1.97. The lowest BCUT2D eigenvalue weighted by Gasteiger charge is -1.99. The summed E-state index contributed by atoms with van der Waals surface area (Å²) in [5, 5.41) is 1.37. The van der Waals surface area contributed by atoms with E-state index in [1.807, 2.05) is 0 Å². The molecule has 0 fully saturated rings. The highest BCUT2D eigenvalue weighted by Gasteiger charge is 2.26. The Morgan fingerprint density at radius 2 is 2.00 bits per heavy atom. The van der Waals surface area contributed by atoms with Crippen LogP contribution in [0, 0.1) is 0 Å². The number of hydrogen-bond acceptors (Lipinski definition) is 3. The number of sulfone groups is 1. The molecule has 1 aromatic rings. The molecule has 0 aliphatic carbocycles. The molecule has 72 valence electrons. The maximum absolute atomic E-state index is 11.5. The second-order valence-electron chi connectivity index (χ2n) is 2.88. The zero-order valence-corrected chi connectivity index (χ0v) is 8.47. The molecular weight excluding hydrogens is 224 g/mol. The number of rotatable bonds is 1. The molecule has 0 atom stereocenters. The molecule has 0 saturated carbocycles. The van der Waals surface area contributed by atoms with Gasteiger partial charge in [0, 0.05) is 21.6 Å². The highest BCUT2D eigenvalue weighted by molar-refractivity contribution is 7.95. The highest BCUT2D eigenvalue weighted by atomic mass is 35.5. The summed E-state index contributed by atoms with van der Waals surface area (Å²) in [6, 6.07) is 4.36. The third-order valence-electron chi connectivity index (χ3n) is 1.97. The number of carbonyl (C=O) groups is 1. The van der Waals surface area contributed by atoms with Crippen LogP contribution in [0.15, 0.2) is 28.5 Å². The van der Waals surface area contributed by atoms with Crippen LogP contribution in [0.5, 0.6) is 0 Å². The van der Waals surface area contributed by atoms with Crippen molar-refractivity contribution in [3.8, 4) is 0 Å². The average molecular weight is 229 g/mol. The fourth-order valence-electron chi connectivity index (χ4n) is 1.36. The van der Waals surface area contributed by atoms with Gasteiger partial charge in [-0.2, -0.15) is 0 Å². The Morgan fingerprint density at radius 1 is 1.29 bits per heavy atom. The van der Waals surface area contributed by atoms with E-state index in [0.29, 0.717) is 16.9 Å². The third kappa shape index (κ3) is 1.27. The van der Waals surface area contributed by atoms with Crippen LogP contribution in [0.1, 0.15) is 5.56 Å². The third-order valence-corrected chi connectivity index (χ3v) is 3.74. The first-order chi connectivity index (χ1) is 6.54. The van der Waals surface area contributed by atoms with E-state index in [1.54, 1.807) is 0 Å². The molecule has 1 aliphatic heterocycles. The molecule has 0 saturated heterocycles. The molecule has 2 rings (SSSR count). The van der Waals surface area contributed by atoms with Crippen molar-refractivity contribution in [2.45, 2.75) is 4.90 Å². The first kappa shape index (κ1) is 9.43. The Labute approximate surface area is 85.9 Å². The molecule has 1 aliphatic rings. The van der Waals surface area contributed by atoms with E-state index >= 15 is 0 Å². The van der Waals surface area contributed by atoms with Gasteiger partial charge in [-0.1, -0.05) is 11.6 Å². The first-order valence-corrected chi connectivity index (χ1v) is 5.69. The molecule has 0 aromatic heterocycles. The Hall–Kier alpha value is -1.13. The highest BCUT2D eigenvalue weighted by Crippen LogP contribution is 2.33. The van der Waals surface area contributed by atoms with Crippen LogP contribution in [0.3, 0.4) is 0 Å². The minimum absolute atomic E-state index is 0.143. The lowest BCUT2D eigenvalue weighted by atomic mass is 10.1. The summed E-state index contributed by atoms with van der Waals surface area (Å²) in [4.78, 5) is 10.7. The van der Waals surface area contributed by atoms with Crippen LogP contribution < -0.4 is 0 Å². The summed E-state index contributed by atoms with van der Waals surface area (Å²) in [6.07, 6.45) is 0.514. The van der Waals surface area contributed by atoms with Gasteiger partial charge in [-0.05, 0) is 18.2 Å². The molecule has 14 heavy (non-hydrogen) atoms. The van der Waals surface area contributed by atoms with Gasteiger partial charge < -0.3 is 0 Å². The molecule has 0 N–H and O–H groups in total. The number of halogens is 1. The van der Waals surface area contributed by atoms with Crippen LogP contribution in [-0.2, 0) is 14.6 Å². The van der Waals surface area contributed by atoms with Crippen molar-refractivity contribution in [3.05, 3.63) is 34.2 Å². The van der Waals surface area contributed by atoms with Crippen molar-refractivity contribution in [1.82, 2.24) is 0 Å². The second kappa shape index (κ2) is 2.93. The zero-order chi connectivity index (χ0) is 10.3. The summed E-state index contributed by atoms with van der Waals surface area (Å²) < 4.78 is 22.9. The van der Waals surface area contributed by atoms with Crippen LogP contribution in [0.2, 0.25) is 5.02 Å². The van der Waals surface area contributed by atoms with Gasteiger partial charge in [0.25, 0.3) is 0 Å². The van der Waals surface area contributed by atoms with Crippen molar-refractivity contribution < 1.29 is 13.2 Å². The Balaban J connectivity index is 2.82. The van der Waals surface area contributed by atoms with E-state index in [9.17, 15) is 13.2 Å². The van der Waals surface area contributed by atoms with Crippen LogP contribution in [0.25, 0.3) is 5.57 Å². The van der Waals surface area contributed by atoms with E-state index < -0.39 is 9.84 Å². The summed E-state index contributed by atoms with van der Waals surface area (Å²) in [5.41, 5.74) is 0.537. The van der Waals surface area contributed by atoms with Crippen molar-refractivity contribution in [1.29, 1.82) is 0 Å². The van der Waals surface area contributed by atoms with E-state index in [0.717, 1.165) is 5.41 Å². The van der Waals surface area contributed by atoms with Gasteiger partial charge >= 0.3 is 0 Å². The minimum atomic E-state index is -3.44. The van der Waals surface area contributed by atoms with Crippen molar-refractivity contribution in [3.63, 3.8) is 0 Å². The predicted molar refractivity (Wildman–Crippen MR) is 52.7 cm³/mol. The molecule has 0 spiro atoms. The number of allylic oxidation sites excluding steroid dienone is 1. The fraction of sp³-hybridized carbons (Fsp3) is 0. The quantitative estimate of drug-likeness (QED) is 0.687. The Morgan fingerprint density at radius 3 is 2.64 bits per heavy atom. The summed E-state index contributed by atoms with van der Waals surface area (Å²) in [5.74, 6) is 0. The average Bonchev–Trinajstić information content (AvgIpc) is 2.37. The molecule has 0 radical (unpaired) electrons. The topological polar surface area (TPSA) is 51.2 Å². The second-order valence-corrected chi connectivity index (χ2v) is 5.08. The molecule has 0 unspecified atom stereocenters. The normalized spacial score (nSPS) is 17.4. The molecule has 1 heterocycles. The fourth-order valence-corrected chi connectivity index (χ4v) is 2.92. The summed E-state index contributed by atoms with van der Waals surface area (Å²) >= 11 is 5.70. The van der Waals surface area contributed by atoms with E-state index in [4.69, 9.17) is 11.6 Å². The van der Waals surface area contributed by atoms with Crippen molar-refractivity contribution in [2.75, 3.05) is 0 Å². The van der Waals surface area contributed by atoms with Gasteiger partial charge in [0.05, 0.1) is 4.90 Å². The molecule has 0 bridgehead atoms. The number of carbonyl (C=O) groups excluding carboxylic acids is 1. The lowest BCUT2D eigenvalue weighted by Crippen LogP contribution is -1.92. The standard InChI is InChI=1S/C9H5ClO3S/c10-7-1-2-9-8(3-7)6(4-11)5-14(9,12)13/h1-5H. The van der Waals surface area contributed by atoms with Crippen LogP contribution >= 0.6 is 11.6 Å². The summed E-state index contributed by atoms with van der Waals surface area (Å²) in [7, 11) is -3.44. The maximum atomic E-state index is 11.5. The van der Waals surface area contributed by atoms with E-state index in [2.05, 4.69) is 0 Å². The first-order valence-electron chi connectivity index (χ1n) is 3.76. The number of benzene rings is 1. The molecule has 5 heteroatoms. The SMILES string of the molecule is O=CC1=CS(=O)(=O)c2ccc(Cl)cc21. The minimum Gasteiger partial charge on any atom is -0.298 e. The van der Waals surface area contributed by atoms with Gasteiger partial charge in [-0.25, -0.2) is 8.42 Å². The van der Waals surface area contributed by atoms with Gasteiger partial charge in [-0.15, -0.1) is 0 Å². The van der Waals surface area contributed by atoms with Crippen LogP contribution in [-0.4, -0.2) is 14.7 Å². The van der Waals surface area contributed by atoms with E-state index in [1.165, 1.54) is 18.2 Å². The van der Waals surface area contributed by atoms with E-state index in [-0.39, 0.29) is 10.5 Å². The zero-order valence-electron chi connectivity index (χ0n) is 6.90. The lowest BCUT2D eigenvalue weighted by molar-refractivity contribution is -0.103. The summed E-state index contributed by atoms with van der Waals surface area (Å²) in [6.45, 7) is 0. The number of hydrogen-bond donors (Lipinski definition) is 0. The molecule has 0 amide bonds. The maximum Gasteiger partial charge on any atom is 0.201 e. The predicted octanol–water partition coefficient (Wildman–Crippen LogP) is 1.67. The largest absolute Gasteiger partial charge is 0.298 e. The van der Waals surface area contributed by atoms with Crippen LogP contribution in [0.4, 0.5) is 0 Å². The van der Waals surface area contributed by atoms with Crippen molar-refractivity contribution >= 4 is 33.3 Å². The smallest absolute Gasteiger partial charge is 0.201 e. The van der Waals surface area contributed by atoms with Gasteiger partial charge in [0.2, 0.25) is 9.84 Å². The molecule has 3 nitrogen and oxygen atoms in total. The van der Waals surface area contributed by atoms with Crippen molar-refractivity contribution in [2.24, 2.45) is 0 Å². The molecular formula is C9H5ClO3S.